The summed E-state index contributed by atoms with van der Waals surface area (Å²) < 4.78 is 38.1. The molecule has 1 saturated carbocycles. The van der Waals surface area contributed by atoms with E-state index in [9.17, 15) is 37.8 Å². The van der Waals surface area contributed by atoms with Crippen LogP contribution in [0.25, 0.3) is 0 Å². The van der Waals surface area contributed by atoms with E-state index in [-0.39, 0.29) is 38.3 Å². The predicted molar refractivity (Wildman–Crippen MR) is 170 cm³/mol. The summed E-state index contributed by atoms with van der Waals surface area (Å²) in [5, 5.41) is 26.6. The van der Waals surface area contributed by atoms with Crippen LogP contribution in [0.4, 0.5) is 13.2 Å². The number of amides is 3. The molecule has 2 rings (SSSR count). The number of halogens is 3. The van der Waals surface area contributed by atoms with Gasteiger partial charge in [-0.25, -0.2) is 0 Å². The number of likely N-dealkylation sites (N-methyl/N-ethyl adjacent to an activating group) is 2. The molecule has 9 nitrogen and oxygen atoms in total. The SMILES string of the molecule is C#CC[C@H](NC(=O)C(CC(=O)N(C)CCN(C)CC(F)(F)F)Cc1ccccc1)C(=O)NC(CC1CCCCC1)[C@@H](O)C(O)C=C. The first-order chi connectivity index (χ1) is 21.7. The molecule has 1 aromatic carbocycles. The van der Waals surface area contributed by atoms with E-state index in [0.29, 0.717) is 6.42 Å². The third kappa shape index (κ3) is 13.9. The first-order valence-corrected chi connectivity index (χ1v) is 15.8. The lowest BCUT2D eigenvalue weighted by Gasteiger charge is -2.32. The van der Waals surface area contributed by atoms with Crippen molar-refractivity contribution in [2.24, 2.45) is 11.8 Å². The second kappa shape index (κ2) is 19.3. The Morgan fingerprint density at radius 2 is 1.72 bits per heavy atom. The largest absolute Gasteiger partial charge is 0.401 e. The van der Waals surface area contributed by atoms with Crippen molar-refractivity contribution in [3.8, 4) is 12.3 Å². The van der Waals surface area contributed by atoms with Crippen molar-refractivity contribution in [2.75, 3.05) is 33.7 Å². The number of carbonyl (C=O) groups excluding carboxylic acids is 3. The van der Waals surface area contributed by atoms with E-state index in [0.717, 1.165) is 42.6 Å². The highest BCUT2D eigenvalue weighted by atomic mass is 19.4. The van der Waals surface area contributed by atoms with E-state index in [1.165, 1.54) is 25.1 Å². The van der Waals surface area contributed by atoms with Gasteiger partial charge in [0.2, 0.25) is 17.7 Å². The Labute approximate surface area is 270 Å². The summed E-state index contributed by atoms with van der Waals surface area (Å²) in [5.74, 6) is 0.0741. The summed E-state index contributed by atoms with van der Waals surface area (Å²) in [6.45, 7) is 2.42. The van der Waals surface area contributed by atoms with Crippen LogP contribution in [0.15, 0.2) is 43.0 Å². The molecule has 1 aliphatic rings. The standard InChI is InChI=1S/C34H49F3N4O5/c1-5-13-27(33(46)39-28(31(44)29(42)6-2)21-25-16-11-8-12-17-25)38-32(45)26(20-24-14-9-7-10-15-24)22-30(43)41(4)19-18-40(3)23-34(35,36)37/h1,6-7,9-10,14-15,25-29,31,42,44H,2,8,11-13,16-23H2,3-4H3,(H,38,45)(H,39,46)/t26?,27-,28?,29?,31+/m0/s1. The number of aliphatic hydroxyl groups is 2. The van der Waals surface area contributed by atoms with Gasteiger partial charge in [0.05, 0.1) is 24.6 Å². The molecule has 3 amide bonds. The quantitative estimate of drug-likeness (QED) is 0.143. The highest BCUT2D eigenvalue weighted by Crippen LogP contribution is 2.28. The van der Waals surface area contributed by atoms with Crippen LogP contribution in [0.3, 0.4) is 0 Å². The van der Waals surface area contributed by atoms with Gasteiger partial charge in [-0.05, 0) is 31.4 Å². The van der Waals surface area contributed by atoms with Crippen molar-refractivity contribution in [1.82, 2.24) is 20.4 Å². The second-order valence-corrected chi connectivity index (χ2v) is 12.3. The third-order valence-corrected chi connectivity index (χ3v) is 8.41. The number of hydrogen-bond acceptors (Lipinski definition) is 6. The molecule has 0 aliphatic heterocycles. The first-order valence-electron chi connectivity index (χ1n) is 15.8. The monoisotopic (exact) mass is 650 g/mol. The molecule has 0 spiro atoms. The number of nitrogens with zero attached hydrogens (tertiary/aromatic N) is 2. The Balaban J connectivity index is 2.17. The molecule has 0 radical (unpaired) electrons. The van der Waals surface area contributed by atoms with Crippen LogP contribution in [-0.2, 0) is 20.8 Å². The summed E-state index contributed by atoms with van der Waals surface area (Å²) in [6.07, 6.45) is 5.07. The van der Waals surface area contributed by atoms with E-state index in [4.69, 9.17) is 6.42 Å². The van der Waals surface area contributed by atoms with Crippen LogP contribution in [-0.4, -0.2) is 102 Å². The van der Waals surface area contributed by atoms with Crippen LogP contribution in [0, 0.1) is 24.2 Å². The van der Waals surface area contributed by atoms with E-state index in [1.54, 1.807) is 24.3 Å². The first kappa shape index (κ1) is 38.8. The molecule has 12 heteroatoms. The van der Waals surface area contributed by atoms with E-state index < -0.39 is 60.7 Å². The van der Waals surface area contributed by atoms with Gasteiger partial charge >= 0.3 is 6.18 Å². The lowest BCUT2D eigenvalue weighted by Crippen LogP contribution is -2.55. The molecule has 1 fully saturated rings. The second-order valence-electron chi connectivity index (χ2n) is 12.3. The van der Waals surface area contributed by atoms with Gasteiger partial charge in [-0.15, -0.1) is 18.9 Å². The van der Waals surface area contributed by atoms with Gasteiger partial charge in [0.25, 0.3) is 0 Å². The van der Waals surface area contributed by atoms with Crippen LogP contribution in [0.1, 0.15) is 56.9 Å². The van der Waals surface area contributed by atoms with Gasteiger partial charge in [-0.1, -0.05) is 68.5 Å². The molecule has 1 aromatic rings. The minimum atomic E-state index is -4.36. The van der Waals surface area contributed by atoms with Crippen LogP contribution in [0.2, 0.25) is 0 Å². The summed E-state index contributed by atoms with van der Waals surface area (Å²) in [4.78, 5) is 42.6. The molecule has 1 aliphatic carbocycles. The predicted octanol–water partition coefficient (Wildman–Crippen LogP) is 3.06. The number of aliphatic hydroxyl groups excluding tert-OH is 2. The van der Waals surface area contributed by atoms with E-state index in [1.807, 2.05) is 6.07 Å². The summed E-state index contributed by atoms with van der Waals surface area (Å²) in [7, 11) is 2.77. The van der Waals surface area contributed by atoms with Gasteiger partial charge in [-0.2, -0.15) is 13.2 Å². The Morgan fingerprint density at radius 3 is 2.30 bits per heavy atom. The molecular weight excluding hydrogens is 601 g/mol. The molecule has 256 valence electrons. The van der Waals surface area contributed by atoms with Crippen molar-refractivity contribution < 1.29 is 37.8 Å². The minimum Gasteiger partial charge on any atom is -0.388 e. The molecular formula is C34H49F3N4O5. The fraction of sp³-hybridized carbons (Fsp3) is 0.618. The number of hydrogen-bond donors (Lipinski definition) is 4. The van der Waals surface area contributed by atoms with E-state index in [2.05, 4.69) is 23.1 Å². The van der Waals surface area contributed by atoms with Crippen LogP contribution in [0.5, 0.6) is 0 Å². The molecule has 0 bridgehead atoms. The van der Waals surface area contributed by atoms with Gasteiger partial charge in [0, 0.05) is 33.0 Å². The maximum Gasteiger partial charge on any atom is 0.401 e. The fourth-order valence-corrected chi connectivity index (χ4v) is 5.70. The number of nitrogens with one attached hydrogen (secondary N) is 2. The van der Waals surface area contributed by atoms with Crippen LogP contribution < -0.4 is 10.6 Å². The summed E-state index contributed by atoms with van der Waals surface area (Å²) >= 11 is 0. The van der Waals surface area contributed by atoms with Crippen molar-refractivity contribution in [2.45, 2.75) is 88.3 Å². The average Bonchev–Trinajstić information content (AvgIpc) is 3.02. The number of terminal acetylenes is 1. The normalized spacial score (nSPS) is 17.2. The van der Waals surface area contributed by atoms with Crippen molar-refractivity contribution in [1.29, 1.82) is 0 Å². The Kier molecular flexibility index (Phi) is 16.3. The lowest BCUT2D eigenvalue weighted by molar-refractivity contribution is -0.144. The van der Waals surface area contributed by atoms with Crippen molar-refractivity contribution in [3.63, 3.8) is 0 Å². The van der Waals surface area contributed by atoms with Crippen LogP contribution >= 0.6 is 0 Å². The Hall–Kier alpha value is -3.40. The maximum absolute atomic E-state index is 13.6. The molecule has 0 aromatic heterocycles. The smallest absolute Gasteiger partial charge is 0.388 e. The lowest BCUT2D eigenvalue weighted by atomic mass is 9.83. The summed E-state index contributed by atoms with van der Waals surface area (Å²) in [5.41, 5.74) is 0.773. The summed E-state index contributed by atoms with van der Waals surface area (Å²) in [6, 6.07) is 7.00. The topological polar surface area (TPSA) is 122 Å². The Morgan fingerprint density at radius 1 is 1.07 bits per heavy atom. The highest BCUT2D eigenvalue weighted by Gasteiger charge is 2.34. The zero-order valence-corrected chi connectivity index (χ0v) is 26.8. The number of alkyl halides is 3. The van der Waals surface area contributed by atoms with E-state index >= 15 is 0 Å². The molecule has 4 N–H and O–H groups in total. The average molecular weight is 651 g/mol. The highest BCUT2D eigenvalue weighted by molar-refractivity contribution is 5.91. The van der Waals surface area contributed by atoms with Crippen molar-refractivity contribution in [3.05, 3.63) is 48.6 Å². The van der Waals surface area contributed by atoms with Gasteiger partial charge in [-0.3, -0.25) is 19.3 Å². The third-order valence-electron chi connectivity index (χ3n) is 8.41. The van der Waals surface area contributed by atoms with Crippen molar-refractivity contribution >= 4 is 17.7 Å². The maximum atomic E-state index is 13.6. The minimum absolute atomic E-state index is 0.0177. The van der Waals surface area contributed by atoms with Gasteiger partial charge in [0.1, 0.15) is 12.1 Å². The molecule has 3 unspecified atom stereocenters. The molecule has 5 atom stereocenters. The number of carbonyl (C=O) groups is 3. The zero-order valence-electron chi connectivity index (χ0n) is 26.8. The number of benzene rings is 1. The molecule has 46 heavy (non-hydrogen) atoms. The number of rotatable bonds is 18. The van der Waals surface area contributed by atoms with Gasteiger partial charge in [0.15, 0.2) is 0 Å². The van der Waals surface area contributed by atoms with Gasteiger partial charge < -0.3 is 25.7 Å². The zero-order chi connectivity index (χ0) is 34.3. The molecule has 0 heterocycles. The molecule has 0 saturated heterocycles. The fourth-order valence-electron chi connectivity index (χ4n) is 5.70. The Bertz CT molecular complexity index is 1150.